The maximum Gasteiger partial charge on any atom is 0.164 e. The van der Waals surface area contributed by atoms with E-state index in [9.17, 15) is 4.39 Å². The van der Waals surface area contributed by atoms with Gasteiger partial charge in [-0.2, -0.15) is 5.26 Å². The molecule has 1 aromatic carbocycles. The van der Waals surface area contributed by atoms with Gasteiger partial charge in [-0.15, -0.1) is 0 Å². The number of thioether (sulfide) groups is 1. The van der Waals surface area contributed by atoms with Gasteiger partial charge >= 0.3 is 0 Å². The second-order valence-electron chi connectivity index (χ2n) is 8.38. The Kier molecular flexibility index (Phi) is 6.22. The first kappa shape index (κ1) is 23.6. The second-order valence-corrected chi connectivity index (χ2v) is 10.7. The molecular formula is C23H21F2IN6S. The SMILES string of the molecule is C[C@@H]1[C@@](C)(CI)SC(N)=N[C@]1(C)c1cc(Nc2nccc3cc(C#N)cnc23)cc(F)c1F. The average molecular weight is 578 g/mol. The fourth-order valence-electron chi connectivity index (χ4n) is 4.09. The minimum Gasteiger partial charge on any atom is -0.378 e. The van der Waals surface area contributed by atoms with Gasteiger partial charge < -0.3 is 11.1 Å². The summed E-state index contributed by atoms with van der Waals surface area (Å²) < 4.78 is 30.4. The van der Waals surface area contributed by atoms with Gasteiger partial charge in [0.2, 0.25) is 0 Å². The van der Waals surface area contributed by atoms with Crippen molar-refractivity contribution in [3.05, 3.63) is 59.4 Å². The van der Waals surface area contributed by atoms with Crippen LogP contribution in [0.3, 0.4) is 0 Å². The van der Waals surface area contributed by atoms with E-state index >= 15 is 4.39 Å². The van der Waals surface area contributed by atoms with E-state index in [1.54, 1.807) is 31.3 Å². The molecule has 0 radical (unpaired) electrons. The molecule has 1 aliphatic heterocycles. The van der Waals surface area contributed by atoms with Crippen molar-refractivity contribution in [2.75, 3.05) is 9.74 Å². The lowest BCUT2D eigenvalue weighted by molar-refractivity contribution is 0.266. The number of rotatable bonds is 4. The number of amidine groups is 1. The number of nitriles is 1. The summed E-state index contributed by atoms with van der Waals surface area (Å²) >= 11 is 3.75. The molecule has 0 amide bonds. The predicted octanol–water partition coefficient (Wildman–Crippen LogP) is 5.63. The van der Waals surface area contributed by atoms with Crippen LogP contribution in [-0.4, -0.2) is 24.3 Å². The molecule has 3 heterocycles. The van der Waals surface area contributed by atoms with Gasteiger partial charge in [0, 0.05) is 50.2 Å². The topological polar surface area (TPSA) is 100.0 Å². The number of fused-ring (bicyclic) bond motifs is 1. The van der Waals surface area contributed by atoms with Crippen molar-refractivity contribution in [1.29, 1.82) is 5.26 Å². The Morgan fingerprint density at radius 3 is 2.73 bits per heavy atom. The van der Waals surface area contributed by atoms with E-state index in [1.807, 2.05) is 13.0 Å². The van der Waals surface area contributed by atoms with Crippen LogP contribution in [0.5, 0.6) is 0 Å². The summed E-state index contributed by atoms with van der Waals surface area (Å²) in [4.78, 5) is 13.2. The molecular weight excluding hydrogens is 557 g/mol. The van der Waals surface area contributed by atoms with Gasteiger partial charge in [-0.25, -0.2) is 13.8 Å². The highest BCUT2D eigenvalue weighted by atomic mass is 127. The Morgan fingerprint density at radius 1 is 1.27 bits per heavy atom. The maximum absolute atomic E-state index is 15.2. The number of anilines is 2. The first-order chi connectivity index (χ1) is 15.6. The van der Waals surface area contributed by atoms with E-state index in [2.05, 4.69) is 49.8 Å². The number of hydrogen-bond donors (Lipinski definition) is 2. The van der Waals surface area contributed by atoms with Gasteiger partial charge in [0.25, 0.3) is 0 Å². The van der Waals surface area contributed by atoms with Crippen molar-refractivity contribution in [3.63, 3.8) is 0 Å². The predicted molar refractivity (Wildman–Crippen MR) is 137 cm³/mol. The van der Waals surface area contributed by atoms with Crippen LogP contribution >= 0.6 is 34.4 Å². The minimum absolute atomic E-state index is 0.122. The standard InChI is InChI=1S/C23H21F2IN6S/c1-12-22(2,11-26)33-21(28)32-23(12,3)16-7-15(8-17(24)18(16)25)31-20-19-14(4-5-29-20)6-13(9-27)10-30-19/h4-8,10,12H,11H2,1-3H3,(H2,28,32)(H,29,31)/t12-,22-,23+/m1/s1. The molecule has 0 saturated heterocycles. The van der Waals surface area contributed by atoms with Crippen LogP contribution in [0.15, 0.2) is 41.7 Å². The van der Waals surface area contributed by atoms with Crippen molar-refractivity contribution in [2.45, 2.75) is 31.1 Å². The van der Waals surface area contributed by atoms with Gasteiger partial charge in [-0.05, 0) is 32.0 Å². The molecule has 0 fully saturated rings. The lowest BCUT2D eigenvalue weighted by Crippen LogP contribution is -2.49. The molecule has 170 valence electrons. The number of hydrogen-bond acceptors (Lipinski definition) is 7. The van der Waals surface area contributed by atoms with Crippen LogP contribution in [0.4, 0.5) is 20.3 Å². The third-order valence-corrected chi connectivity index (χ3v) is 9.64. The molecule has 3 aromatic rings. The summed E-state index contributed by atoms with van der Waals surface area (Å²) in [6.07, 6.45) is 3.00. The van der Waals surface area contributed by atoms with E-state index in [1.165, 1.54) is 18.0 Å². The van der Waals surface area contributed by atoms with Crippen LogP contribution < -0.4 is 11.1 Å². The van der Waals surface area contributed by atoms with Crippen LogP contribution in [0, 0.1) is 28.9 Å². The molecule has 2 aromatic heterocycles. The van der Waals surface area contributed by atoms with Gasteiger partial charge in [0.05, 0.1) is 11.1 Å². The lowest BCUT2D eigenvalue weighted by atomic mass is 9.74. The number of halogens is 3. The zero-order chi connectivity index (χ0) is 24.0. The zero-order valence-electron chi connectivity index (χ0n) is 18.2. The van der Waals surface area contributed by atoms with Gasteiger partial charge in [-0.1, -0.05) is 41.3 Å². The smallest absolute Gasteiger partial charge is 0.164 e. The number of nitrogens with zero attached hydrogens (tertiary/aromatic N) is 4. The summed E-state index contributed by atoms with van der Waals surface area (Å²) in [5, 5.41) is 13.2. The van der Waals surface area contributed by atoms with Crippen molar-refractivity contribution in [1.82, 2.24) is 9.97 Å². The Bertz CT molecular complexity index is 1330. The summed E-state index contributed by atoms with van der Waals surface area (Å²) in [6, 6.07) is 8.11. The third kappa shape index (κ3) is 4.12. The first-order valence-corrected chi connectivity index (χ1v) is 12.5. The fraction of sp³-hybridized carbons (Fsp3) is 0.304. The first-order valence-electron chi connectivity index (χ1n) is 10.1. The Labute approximate surface area is 208 Å². The number of pyridine rings is 2. The molecule has 33 heavy (non-hydrogen) atoms. The zero-order valence-corrected chi connectivity index (χ0v) is 21.1. The Balaban J connectivity index is 1.82. The largest absolute Gasteiger partial charge is 0.378 e. The molecule has 0 unspecified atom stereocenters. The highest BCUT2D eigenvalue weighted by Gasteiger charge is 2.49. The molecule has 0 bridgehead atoms. The van der Waals surface area contributed by atoms with Gasteiger partial charge in [0.15, 0.2) is 22.6 Å². The van der Waals surface area contributed by atoms with E-state index in [4.69, 9.17) is 11.0 Å². The molecule has 0 aliphatic carbocycles. The third-order valence-electron chi connectivity index (χ3n) is 6.27. The number of benzene rings is 1. The number of aliphatic imine (C=N–C) groups is 1. The lowest BCUT2D eigenvalue weighted by Gasteiger charge is -2.46. The normalized spacial score (nSPS) is 24.9. The molecule has 4 rings (SSSR count). The van der Waals surface area contributed by atoms with Crippen molar-refractivity contribution in [2.24, 2.45) is 16.6 Å². The fourth-order valence-corrected chi connectivity index (χ4v) is 6.39. The minimum atomic E-state index is -1.07. The maximum atomic E-state index is 15.2. The van der Waals surface area contributed by atoms with Crippen LogP contribution in [0.2, 0.25) is 0 Å². The van der Waals surface area contributed by atoms with Crippen LogP contribution in [0.1, 0.15) is 31.9 Å². The van der Waals surface area contributed by atoms with Gasteiger partial charge in [-0.3, -0.25) is 9.98 Å². The highest BCUT2D eigenvalue weighted by Crippen LogP contribution is 2.51. The molecule has 3 atom stereocenters. The van der Waals surface area contributed by atoms with Crippen LogP contribution in [-0.2, 0) is 5.54 Å². The van der Waals surface area contributed by atoms with E-state index in [-0.39, 0.29) is 16.2 Å². The number of nitrogens with one attached hydrogen (secondary N) is 1. The molecule has 3 N–H and O–H groups in total. The monoisotopic (exact) mass is 578 g/mol. The summed E-state index contributed by atoms with van der Waals surface area (Å²) in [5.41, 5.74) is 6.43. The average Bonchev–Trinajstić information content (AvgIpc) is 2.79. The Hall–Kier alpha value is -2.52. The highest BCUT2D eigenvalue weighted by molar-refractivity contribution is 14.1. The quantitative estimate of drug-likeness (QED) is 0.308. The number of nitrogens with two attached hydrogens (primary N) is 1. The van der Waals surface area contributed by atoms with E-state index in [0.717, 1.165) is 10.5 Å². The number of aromatic nitrogens is 2. The van der Waals surface area contributed by atoms with Crippen molar-refractivity contribution in [3.8, 4) is 6.07 Å². The van der Waals surface area contributed by atoms with Gasteiger partial charge in [0.1, 0.15) is 11.6 Å². The molecule has 0 spiro atoms. The molecule has 1 aliphatic rings. The summed E-state index contributed by atoms with van der Waals surface area (Å²) in [5.74, 6) is -1.71. The van der Waals surface area contributed by atoms with E-state index in [0.29, 0.717) is 33.1 Å². The number of alkyl halides is 1. The molecule has 0 saturated carbocycles. The second kappa shape index (κ2) is 8.68. The van der Waals surface area contributed by atoms with Crippen molar-refractivity contribution < 1.29 is 8.78 Å². The summed E-state index contributed by atoms with van der Waals surface area (Å²) in [6.45, 7) is 5.84. The van der Waals surface area contributed by atoms with E-state index < -0.39 is 17.2 Å². The molecule has 6 nitrogen and oxygen atoms in total. The van der Waals surface area contributed by atoms with Crippen molar-refractivity contribution >= 4 is 61.9 Å². The molecule has 10 heteroatoms. The Morgan fingerprint density at radius 2 is 2.03 bits per heavy atom. The summed E-state index contributed by atoms with van der Waals surface area (Å²) in [7, 11) is 0. The van der Waals surface area contributed by atoms with Crippen LogP contribution in [0.25, 0.3) is 10.9 Å².